The summed E-state index contributed by atoms with van der Waals surface area (Å²) >= 11 is 4.78. The summed E-state index contributed by atoms with van der Waals surface area (Å²) in [7, 11) is -3.43. The smallest absolute Gasteiger partial charge is 0.506 e. The monoisotopic (exact) mass is 492 g/mol. The van der Waals surface area contributed by atoms with Gasteiger partial charge in [0.05, 0.1) is 5.19 Å². The van der Waals surface area contributed by atoms with E-state index >= 15 is 0 Å². The highest BCUT2D eigenvalue weighted by molar-refractivity contribution is 7.80. The highest BCUT2D eigenvalue weighted by Gasteiger charge is 2.50. The van der Waals surface area contributed by atoms with Crippen molar-refractivity contribution in [3.8, 4) is 23.0 Å². The highest BCUT2D eigenvalue weighted by atomic mass is 32.1. The molecule has 0 aromatic heterocycles. The molecule has 0 aliphatic carbocycles. The summed E-state index contributed by atoms with van der Waals surface area (Å²) in [4.78, 5) is 0.701. The second-order valence-corrected chi connectivity index (χ2v) is 11.1. The summed E-state index contributed by atoms with van der Waals surface area (Å²) in [6, 6.07) is 45.2. The molecule has 0 spiro atoms. The average Bonchev–Trinajstić information content (AvgIpc) is 2.92. The van der Waals surface area contributed by atoms with Crippen LogP contribution in [0.4, 0.5) is 0 Å². The third kappa shape index (κ3) is 5.11. The molecule has 0 fully saturated rings. The molecule has 0 aliphatic rings. The second kappa shape index (κ2) is 10.6. The third-order valence-corrected chi connectivity index (χ3v) is 9.07. The first-order valence-electron chi connectivity index (χ1n) is 11.3. The Morgan fingerprint density at radius 1 is 0.457 bits per heavy atom. The molecule has 0 bridgehead atoms. The van der Waals surface area contributed by atoms with Crippen molar-refractivity contribution >= 4 is 31.6 Å². The Morgan fingerprint density at radius 2 is 0.914 bits per heavy atom. The van der Waals surface area contributed by atoms with E-state index in [1.165, 1.54) is 0 Å². The minimum Gasteiger partial charge on any atom is -0.506 e. The van der Waals surface area contributed by atoms with Crippen LogP contribution in [-0.4, -0.2) is 8.56 Å². The summed E-state index contributed by atoms with van der Waals surface area (Å²) in [6.07, 6.45) is 0. The molecule has 0 saturated carbocycles. The van der Waals surface area contributed by atoms with Crippen molar-refractivity contribution < 1.29 is 13.6 Å². The molecule has 172 valence electrons. The van der Waals surface area contributed by atoms with Crippen molar-refractivity contribution in [2.75, 3.05) is 0 Å². The summed E-state index contributed by atoms with van der Waals surface area (Å²) < 4.78 is 20.3. The molecule has 5 aromatic carbocycles. The highest BCUT2D eigenvalue weighted by Crippen LogP contribution is 2.30. The van der Waals surface area contributed by atoms with E-state index in [0.717, 1.165) is 10.4 Å². The van der Waals surface area contributed by atoms with E-state index < -0.39 is 8.56 Å². The normalized spacial score (nSPS) is 11.0. The van der Waals surface area contributed by atoms with Gasteiger partial charge in [-0.1, -0.05) is 97.1 Å². The summed E-state index contributed by atoms with van der Waals surface area (Å²) in [5, 5.41) is 1.78. The maximum absolute atomic E-state index is 6.91. The van der Waals surface area contributed by atoms with Gasteiger partial charge in [-0.15, -0.1) is 12.6 Å². The van der Waals surface area contributed by atoms with E-state index in [0.29, 0.717) is 27.9 Å². The first-order chi connectivity index (χ1) is 17.2. The molecule has 3 nitrogen and oxygen atoms in total. The van der Waals surface area contributed by atoms with Crippen LogP contribution in [0, 0.1) is 0 Å². The fraction of sp³-hybridized carbons (Fsp3) is 0. The van der Waals surface area contributed by atoms with E-state index in [2.05, 4.69) is 12.1 Å². The maximum Gasteiger partial charge on any atom is 0.535 e. The summed E-state index contributed by atoms with van der Waals surface area (Å²) in [6.45, 7) is 0. The van der Waals surface area contributed by atoms with Crippen LogP contribution < -0.4 is 24.0 Å². The molecule has 0 unspecified atom stereocenters. The molecular formula is C30H24O3SSi. The molecule has 5 aromatic rings. The molecule has 35 heavy (non-hydrogen) atoms. The van der Waals surface area contributed by atoms with Crippen molar-refractivity contribution in [3.05, 3.63) is 140 Å². The fourth-order valence-electron chi connectivity index (χ4n) is 3.87. The number of hydrogen-bond acceptors (Lipinski definition) is 4. The van der Waals surface area contributed by atoms with Crippen LogP contribution in [0.5, 0.6) is 23.0 Å². The van der Waals surface area contributed by atoms with E-state index in [9.17, 15) is 0 Å². The molecule has 5 heteroatoms. The molecule has 0 aliphatic heterocycles. The number of hydrogen-bond donors (Lipinski definition) is 1. The Bertz CT molecular complexity index is 1320. The number of ether oxygens (including phenoxy) is 1. The molecule has 0 saturated heterocycles. The van der Waals surface area contributed by atoms with Crippen LogP contribution >= 0.6 is 12.6 Å². The molecule has 0 heterocycles. The largest absolute Gasteiger partial charge is 0.535 e. The van der Waals surface area contributed by atoms with E-state index in [4.69, 9.17) is 26.2 Å². The van der Waals surface area contributed by atoms with Gasteiger partial charge in [0.1, 0.15) is 23.0 Å². The number of benzene rings is 5. The first kappa shape index (κ1) is 22.8. The zero-order chi connectivity index (χ0) is 23.9. The molecule has 0 atom stereocenters. The van der Waals surface area contributed by atoms with Gasteiger partial charge in [0, 0.05) is 10.1 Å². The third-order valence-electron chi connectivity index (χ3n) is 5.48. The molecule has 0 amide bonds. The Balaban J connectivity index is 1.75. The van der Waals surface area contributed by atoms with Gasteiger partial charge in [-0.3, -0.25) is 0 Å². The van der Waals surface area contributed by atoms with Crippen molar-refractivity contribution in [1.82, 2.24) is 0 Å². The first-order valence-corrected chi connectivity index (χ1v) is 13.6. The average molecular weight is 493 g/mol. The van der Waals surface area contributed by atoms with Gasteiger partial charge in [0.25, 0.3) is 0 Å². The van der Waals surface area contributed by atoms with Gasteiger partial charge in [-0.05, 0) is 42.5 Å². The summed E-state index contributed by atoms with van der Waals surface area (Å²) in [5.41, 5.74) is 0. The lowest BCUT2D eigenvalue weighted by Gasteiger charge is -2.33. The van der Waals surface area contributed by atoms with Crippen molar-refractivity contribution in [2.45, 2.75) is 4.90 Å². The minimum atomic E-state index is -3.43. The number of para-hydroxylation sites is 4. The van der Waals surface area contributed by atoms with Crippen LogP contribution in [0.2, 0.25) is 0 Å². The Kier molecular flexibility index (Phi) is 6.89. The molecule has 0 N–H and O–H groups in total. The Morgan fingerprint density at radius 3 is 1.43 bits per heavy atom. The fourth-order valence-corrected chi connectivity index (χ4v) is 7.40. The molecule has 5 rings (SSSR count). The van der Waals surface area contributed by atoms with Crippen LogP contribution in [0.15, 0.2) is 144 Å². The zero-order valence-electron chi connectivity index (χ0n) is 19.0. The predicted octanol–water partition coefficient (Wildman–Crippen LogP) is 6.48. The van der Waals surface area contributed by atoms with Crippen LogP contribution in [0.1, 0.15) is 0 Å². The van der Waals surface area contributed by atoms with E-state index in [-0.39, 0.29) is 0 Å². The van der Waals surface area contributed by atoms with Crippen LogP contribution in [0.25, 0.3) is 0 Å². The standard InChI is InChI=1S/C30H24O3SSi/c34-28-22-13-23-29(30(28)31-24-14-5-1-6-15-24)35(27-20-11-4-12-21-27,32-25-16-7-2-8-17-25)33-26-18-9-3-10-19-26/h1-23,34H. The minimum absolute atomic E-state index is 0.615. The summed E-state index contributed by atoms with van der Waals surface area (Å²) in [5.74, 6) is 2.76. The van der Waals surface area contributed by atoms with Gasteiger partial charge < -0.3 is 13.6 Å². The maximum atomic E-state index is 6.91. The van der Waals surface area contributed by atoms with E-state index in [1.54, 1.807) is 0 Å². The topological polar surface area (TPSA) is 27.7 Å². The van der Waals surface area contributed by atoms with Gasteiger partial charge in [0.15, 0.2) is 0 Å². The van der Waals surface area contributed by atoms with Gasteiger partial charge in [-0.25, -0.2) is 0 Å². The van der Waals surface area contributed by atoms with E-state index in [1.807, 2.05) is 127 Å². The lowest BCUT2D eigenvalue weighted by atomic mass is 10.3. The Hall–Kier alpha value is -3.93. The predicted molar refractivity (Wildman–Crippen MR) is 146 cm³/mol. The van der Waals surface area contributed by atoms with Gasteiger partial charge >= 0.3 is 8.56 Å². The van der Waals surface area contributed by atoms with Gasteiger partial charge in [0.2, 0.25) is 0 Å². The SMILES string of the molecule is Sc1cccc([Si](Oc2ccccc2)(Oc2ccccc2)c2ccccc2)c1Oc1ccccc1. The number of thiol groups is 1. The van der Waals surface area contributed by atoms with Gasteiger partial charge in [-0.2, -0.15) is 0 Å². The lowest BCUT2D eigenvalue weighted by molar-refractivity contribution is 0.411. The van der Waals surface area contributed by atoms with Crippen molar-refractivity contribution in [2.24, 2.45) is 0 Å². The molecule has 0 radical (unpaired) electrons. The number of rotatable bonds is 8. The van der Waals surface area contributed by atoms with Crippen molar-refractivity contribution in [3.63, 3.8) is 0 Å². The van der Waals surface area contributed by atoms with Crippen molar-refractivity contribution in [1.29, 1.82) is 0 Å². The Labute approximate surface area is 212 Å². The van der Waals surface area contributed by atoms with Crippen LogP contribution in [0.3, 0.4) is 0 Å². The molecular weight excluding hydrogens is 468 g/mol. The van der Waals surface area contributed by atoms with Crippen LogP contribution in [-0.2, 0) is 0 Å². The zero-order valence-corrected chi connectivity index (χ0v) is 20.8. The second-order valence-electron chi connectivity index (χ2n) is 7.88. The lowest BCUT2D eigenvalue weighted by Crippen LogP contribution is -2.68. The quantitative estimate of drug-likeness (QED) is 0.198.